The van der Waals surface area contributed by atoms with Gasteiger partial charge in [0.2, 0.25) is 5.82 Å². The molecule has 0 amide bonds. The van der Waals surface area contributed by atoms with Crippen molar-refractivity contribution in [3.8, 4) is 0 Å². The summed E-state index contributed by atoms with van der Waals surface area (Å²) in [7, 11) is 0. The zero-order valence-electron chi connectivity index (χ0n) is 12.3. The molecule has 0 spiro atoms. The van der Waals surface area contributed by atoms with Gasteiger partial charge in [-0.3, -0.25) is 0 Å². The number of nitrogens with zero attached hydrogens (tertiary/aromatic N) is 5. The molecule has 4 rings (SSSR count). The first-order chi connectivity index (χ1) is 10.7. The Balaban J connectivity index is 1.71. The maximum atomic E-state index is 13.0. The summed E-state index contributed by atoms with van der Waals surface area (Å²) in [6, 6.07) is 4.11. The summed E-state index contributed by atoms with van der Waals surface area (Å²) < 4.78 is 27.2. The van der Waals surface area contributed by atoms with Gasteiger partial charge in [0.1, 0.15) is 5.82 Å². The summed E-state index contributed by atoms with van der Waals surface area (Å²) in [5.41, 5.74) is 0.372. The summed E-state index contributed by atoms with van der Waals surface area (Å²) in [5, 5.41) is 11.7. The molecule has 7 heteroatoms. The van der Waals surface area contributed by atoms with Crippen LogP contribution in [0.25, 0.3) is 5.65 Å². The molecule has 1 saturated carbocycles. The van der Waals surface area contributed by atoms with Crippen LogP contribution < -0.4 is 4.90 Å². The fourth-order valence-corrected chi connectivity index (χ4v) is 3.99. The highest BCUT2D eigenvalue weighted by molar-refractivity contribution is 5.47. The van der Waals surface area contributed by atoms with E-state index in [2.05, 4.69) is 20.2 Å². The minimum atomic E-state index is -2.67. The zero-order chi connectivity index (χ0) is 15.1. The third kappa shape index (κ3) is 2.23. The number of piperidine rings is 1. The molecular formula is C15H19F2N5. The largest absolute Gasteiger partial charge is 0.352 e. The molecule has 0 radical (unpaired) electrons. The Labute approximate surface area is 127 Å². The monoisotopic (exact) mass is 307 g/mol. The Morgan fingerprint density at radius 2 is 1.86 bits per heavy atom. The number of rotatable bonds is 2. The molecule has 2 aromatic heterocycles. The van der Waals surface area contributed by atoms with Crippen molar-refractivity contribution in [2.45, 2.75) is 51.0 Å². The van der Waals surface area contributed by atoms with E-state index in [1.54, 1.807) is 6.07 Å². The minimum Gasteiger partial charge on any atom is -0.352 e. The Morgan fingerprint density at radius 3 is 2.73 bits per heavy atom. The molecule has 2 aliphatic rings. The van der Waals surface area contributed by atoms with Crippen molar-refractivity contribution in [3.63, 3.8) is 0 Å². The molecule has 1 saturated heterocycles. The van der Waals surface area contributed by atoms with Crippen molar-refractivity contribution >= 4 is 11.5 Å². The van der Waals surface area contributed by atoms with Gasteiger partial charge in [-0.15, -0.1) is 15.3 Å². The molecule has 5 nitrogen and oxygen atoms in total. The second-order valence-electron chi connectivity index (χ2n) is 6.27. The smallest absolute Gasteiger partial charge is 0.299 e. The Hall–Kier alpha value is -1.79. The van der Waals surface area contributed by atoms with Crippen molar-refractivity contribution in [1.82, 2.24) is 19.8 Å². The fourth-order valence-electron chi connectivity index (χ4n) is 3.99. The predicted octanol–water partition coefficient (Wildman–Crippen LogP) is 3.22. The maximum absolute atomic E-state index is 13.0. The van der Waals surface area contributed by atoms with E-state index < -0.39 is 6.43 Å². The van der Waals surface area contributed by atoms with Crippen molar-refractivity contribution in [1.29, 1.82) is 0 Å². The second kappa shape index (κ2) is 5.44. The van der Waals surface area contributed by atoms with Gasteiger partial charge in [-0.05, 0) is 43.7 Å². The molecule has 2 fully saturated rings. The van der Waals surface area contributed by atoms with Gasteiger partial charge in [0.05, 0.1) is 0 Å². The van der Waals surface area contributed by atoms with Gasteiger partial charge >= 0.3 is 0 Å². The van der Waals surface area contributed by atoms with Crippen LogP contribution in [-0.2, 0) is 0 Å². The van der Waals surface area contributed by atoms with Gasteiger partial charge in [0, 0.05) is 12.6 Å². The normalized spacial score (nSPS) is 25.7. The fraction of sp³-hybridized carbons (Fsp3) is 0.667. The number of hydrogen-bond acceptors (Lipinski definition) is 4. The summed E-state index contributed by atoms with van der Waals surface area (Å²) in [5.74, 6) is 1.11. The van der Waals surface area contributed by atoms with E-state index in [9.17, 15) is 8.78 Å². The van der Waals surface area contributed by atoms with Gasteiger partial charge in [-0.2, -0.15) is 4.52 Å². The lowest BCUT2D eigenvalue weighted by atomic mass is 9.78. The van der Waals surface area contributed by atoms with Crippen LogP contribution in [0.1, 0.15) is 50.8 Å². The van der Waals surface area contributed by atoms with E-state index in [-0.39, 0.29) is 5.82 Å². The molecule has 0 N–H and O–H groups in total. The van der Waals surface area contributed by atoms with Gasteiger partial charge in [0.15, 0.2) is 5.65 Å². The van der Waals surface area contributed by atoms with Crippen molar-refractivity contribution in [2.75, 3.05) is 11.4 Å². The van der Waals surface area contributed by atoms with Crippen molar-refractivity contribution in [2.24, 2.45) is 5.92 Å². The topological polar surface area (TPSA) is 46.3 Å². The summed E-state index contributed by atoms with van der Waals surface area (Å²) in [6.45, 7) is 0.950. The molecule has 0 unspecified atom stereocenters. The van der Waals surface area contributed by atoms with E-state index in [0.29, 0.717) is 11.7 Å². The highest BCUT2D eigenvalue weighted by Crippen LogP contribution is 2.37. The lowest BCUT2D eigenvalue weighted by molar-refractivity contribution is 0.137. The van der Waals surface area contributed by atoms with E-state index >= 15 is 0 Å². The SMILES string of the molecule is FC(F)c1nnc2ccc(N3CCC[C@@H]4CCCC[C@@H]43)nn12. The Kier molecular flexibility index (Phi) is 3.43. The molecular weight excluding hydrogens is 288 g/mol. The van der Waals surface area contributed by atoms with Crippen LogP contribution in [0.3, 0.4) is 0 Å². The van der Waals surface area contributed by atoms with Crippen LogP contribution in [0.4, 0.5) is 14.6 Å². The number of halogens is 2. The van der Waals surface area contributed by atoms with Gasteiger partial charge in [-0.1, -0.05) is 12.8 Å². The maximum Gasteiger partial charge on any atom is 0.299 e. The first-order valence-electron chi connectivity index (χ1n) is 8.01. The van der Waals surface area contributed by atoms with Crippen LogP contribution in [-0.4, -0.2) is 32.4 Å². The molecule has 2 atom stereocenters. The van der Waals surface area contributed by atoms with Crippen LogP contribution in [0.5, 0.6) is 0 Å². The van der Waals surface area contributed by atoms with E-state index in [0.717, 1.165) is 24.7 Å². The average molecular weight is 307 g/mol. The molecule has 0 aromatic carbocycles. The lowest BCUT2D eigenvalue weighted by Crippen LogP contribution is -2.47. The third-order valence-corrected chi connectivity index (χ3v) is 5.01. The quantitative estimate of drug-likeness (QED) is 0.854. The zero-order valence-corrected chi connectivity index (χ0v) is 12.3. The molecule has 1 aliphatic heterocycles. The molecule has 3 heterocycles. The standard InChI is InChI=1S/C15H19F2N5/c16-14(17)15-19-18-12-7-8-13(20-22(12)15)21-9-3-5-10-4-1-2-6-11(10)21/h7-8,10-11,14H,1-6,9H2/t10-,11-/m0/s1. The molecule has 118 valence electrons. The Bertz CT molecular complexity index is 669. The number of hydrogen-bond donors (Lipinski definition) is 0. The van der Waals surface area contributed by atoms with Gasteiger partial charge in [-0.25, -0.2) is 8.78 Å². The minimum absolute atomic E-state index is 0.372. The summed E-state index contributed by atoms with van der Waals surface area (Å²) >= 11 is 0. The van der Waals surface area contributed by atoms with Crippen LogP contribution in [0.2, 0.25) is 0 Å². The van der Waals surface area contributed by atoms with E-state index in [1.165, 1.54) is 36.6 Å². The third-order valence-electron chi connectivity index (χ3n) is 5.01. The van der Waals surface area contributed by atoms with Gasteiger partial charge in [0.25, 0.3) is 6.43 Å². The lowest BCUT2D eigenvalue weighted by Gasteiger charge is -2.44. The average Bonchev–Trinajstić information content (AvgIpc) is 2.97. The predicted molar refractivity (Wildman–Crippen MR) is 78.1 cm³/mol. The van der Waals surface area contributed by atoms with E-state index in [1.807, 2.05) is 6.07 Å². The Morgan fingerprint density at radius 1 is 1.05 bits per heavy atom. The summed E-state index contributed by atoms with van der Waals surface area (Å²) in [4.78, 5) is 2.31. The van der Waals surface area contributed by atoms with Crippen LogP contribution in [0.15, 0.2) is 12.1 Å². The van der Waals surface area contributed by atoms with Gasteiger partial charge < -0.3 is 4.90 Å². The number of anilines is 1. The highest BCUT2D eigenvalue weighted by atomic mass is 19.3. The number of aromatic nitrogens is 4. The van der Waals surface area contributed by atoms with Crippen LogP contribution in [0, 0.1) is 5.92 Å². The molecule has 2 aromatic rings. The highest BCUT2D eigenvalue weighted by Gasteiger charge is 2.34. The molecule has 0 bridgehead atoms. The number of alkyl halides is 2. The molecule has 1 aliphatic carbocycles. The summed E-state index contributed by atoms with van der Waals surface area (Å²) in [6.07, 6.45) is 4.76. The van der Waals surface area contributed by atoms with E-state index in [4.69, 9.17) is 0 Å². The van der Waals surface area contributed by atoms with Crippen molar-refractivity contribution < 1.29 is 8.78 Å². The number of fused-ring (bicyclic) bond motifs is 2. The van der Waals surface area contributed by atoms with Crippen molar-refractivity contribution in [3.05, 3.63) is 18.0 Å². The first kappa shape index (κ1) is 13.8. The van der Waals surface area contributed by atoms with Crippen LogP contribution >= 0.6 is 0 Å². The first-order valence-corrected chi connectivity index (χ1v) is 8.01. The molecule has 22 heavy (non-hydrogen) atoms. The second-order valence-corrected chi connectivity index (χ2v) is 6.27.